The number of nitrogens with one attached hydrogen (secondary N) is 1. The molecule has 0 heterocycles. The average molecular weight is 247 g/mol. The molecule has 0 fully saturated rings. The van der Waals surface area contributed by atoms with Crippen LogP contribution in [0, 0.1) is 0 Å². The van der Waals surface area contributed by atoms with Crippen molar-refractivity contribution in [2.45, 2.75) is 26.2 Å². The summed E-state index contributed by atoms with van der Waals surface area (Å²) in [5.41, 5.74) is 4.21. The number of amides is 1. The maximum atomic E-state index is 11.7. The summed E-state index contributed by atoms with van der Waals surface area (Å²) in [6, 6.07) is 7.42. The van der Waals surface area contributed by atoms with Gasteiger partial charge in [-0.1, -0.05) is 13.3 Å². The highest BCUT2D eigenvalue weighted by Gasteiger charge is 2.03. The third-order valence-corrected chi connectivity index (χ3v) is 2.59. The van der Waals surface area contributed by atoms with Crippen LogP contribution in [0.3, 0.4) is 0 Å². The molecular weight excluding hydrogens is 226 g/mol. The summed E-state index contributed by atoms with van der Waals surface area (Å²) in [6.07, 6.45) is 4.87. The monoisotopic (exact) mass is 247 g/mol. The summed E-state index contributed by atoms with van der Waals surface area (Å²) in [5, 5.41) is 3.91. The van der Waals surface area contributed by atoms with Gasteiger partial charge in [-0.25, -0.2) is 5.43 Å². The number of carbonyl (C=O) groups is 1. The van der Waals surface area contributed by atoms with Crippen LogP contribution in [0.1, 0.15) is 36.5 Å². The highest BCUT2D eigenvalue weighted by atomic mass is 16.2. The van der Waals surface area contributed by atoms with Crippen molar-refractivity contribution < 1.29 is 4.79 Å². The first kappa shape index (κ1) is 14.2. The van der Waals surface area contributed by atoms with E-state index in [1.807, 2.05) is 31.1 Å². The summed E-state index contributed by atoms with van der Waals surface area (Å²) in [6.45, 7) is 2.12. The second kappa shape index (κ2) is 7.48. The number of benzene rings is 1. The number of hydrogen-bond donors (Lipinski definition) is 1. The highest BCUT2D eigenvalue weighted by Crippen LogP contribution is 2.11. The van der Waals surface area contributed by atoms with Gasteiger partial charge in [0.05, 0.1) is 0 Å². The van der Waals surface area contributed by atoms with Crippen LogP contribution in [-0.2, 0) is 0 Å². The summed E-state index contributed by atoms with van der Waals surface area (Å²) in [5.74, 6) is -0.173. The Morgan fingerprint density at radius 2 is 2.00 bits per heavy atom. The molecule has 98 valence electrons. The van der Waals surface area contributed by atoms with Crippen LogP contribution in [0.25, 0.3) is 0 Å². The first-order valence-corrected chi connectivity index (χ1v) is 6.24. The number of hydrogen-bond acceptors (Lipinski definition) is 3. The quantitative estimate of drug-likeness (QED) is 0.477. The summed E-state index contributed by atoms with van der Waals surface area (Å²) in [4.78, 5) is 13.7. The van der Waals surface area contributed by atoms with E-state index in [9.17, 15) is 4.79 Å². The Morgan fingerprint density at radius 3 is 2.56 bits per heavy atom. The maximum Gasteiger partial charge on any atom is 0.271 e. The molecule has 0 aliphatic heterocycles. The van der Waals surface area contributed by atoms with Crippen molar-refractivity contribution in [2.24, 2.45) is 5.10 Å². The number of hydrazone groups is 1. The van der Waals surface area contributed by atoms with Gasteiger partial charge in [-0.05, 0) is 37.1 Å². The first-order valence-electron chi connectivity index (χ1n) is 6.24. The van der Waals surface area contributed by atoms with E-state index in [1.54, 1.807) is 18.3 Å². The van der Waals surface area contributed by atoms with Gasteiger partial charge in [0.1, 0.15) is 0 Å². The minimum absolute atomic E-state index is 0.173. The largest absolute Gasteiger partial charge is 0.378 e. The van der Waals surface area contributed by atoms with Crippen LogP contribution < -0.4 is 10.3 Å². The van der Waals surface area contributed by atoms with E-state index in [1.165, 1.54) is 0 Å². The van der Waals surface area contributed by atoms with E-state index < -0.39 is 0 Å². The van der Waals surface area contributed by atoms with Crippen molar-refractivity contribution in [3.8, 4) is 0 Å². The predicted octanol–water partition coefficient (Wildman–Crippen LogP) is 2.66. The molecule has 18 heavy (non-hydrogen) atoms. The van der Waals surface area contributed by atoms with Crippen molar-refractivity contribution in [1.82, 2.24) is 5.43 Å². The fourth-order valence-electron chi connectivity index (χ4n) is 1.44. The minimum Gasteiger partial charge on any atom is -0.378 e. The van der Waals surface area contributed by atoms with Crippen molar-refractivity contribution in [2.75, 3.05) is 19.0 Å². The molecule has 0 bridgehead atoms. The number of nitrogens with zero attached hydrogens (tertiary/aromatic N) is 2. The molecule has 0 spiro atoms. The number of anilines is 1. The van der Waals surface area contributed by atoms with Gasteiger partial charge >= 0.3 is 0 Å². The smallest absolute Gasteiger partial charge is 0.271 e. The van der Waals surface area contributed by atoms with Gasteiger partial charge in [-0.2, -0.15) is 5.10 Å². The molecule has 1 rings (SSSR count). The molecule has 4 nitrogen and oxygen atoms in total. The molecular formula is C14H21N3O. The molecule has 0 unspecified atom stereocenters. The van der Waals surface area contributed by atoms with E-state index in [2.05, 4.69) is 17.5 Å². The Labute approximate surface area is 109 Å². The SMILES string of the molecule is CCCC/C=N\NC(=O)c1ccc(N(C)C)cc1. The molecule has 0 aliphatic rings. The zero-order chi connectivity index (χ0) is 13.4. The lowest BCUT2D eigenvalue weighted by Gasteiger charge is -2.12. The second-order valence-corrected chi connectivity index (χ2v) is 4.34. The Hall–Kier alpha value is -1.84. The van der Waals surface area contributed by atoms with Crippen molar-refractivity contribution >= 4 is 17.8 Å². The summed E-state index contributed by atoms with van der Waals surface area (Å²) >= 11 is 0. The number of rotatable bonds is 6. The lowest BCUT2D eigenvalue weighted by molar-refractivity contribution is 0.0955. The average Bonchev–Trinajstić information content (AvgIpc) is 2.38. The van der Waals surface area contributed by atoms with Gasteiger partial charge in [0.15, 0.2) is 0 Å². The molecule has 0 radical (unpaired) electrons. The molecule has 1 N–H and O–H groups in total. The van der Waals surface area contributed by atoms with E-state index in [4.69, 9.17) is 0 Å². The molecule has 1 aromatic rings. The fraction of sp³-hybridized carbons (Fsp3) is 0.429. The maximum absolute atomic E-state index is 11.7. The van der Waals surface area contributed by atoms with Crippen LogP contribution >= 0.6 is 0 Å². The molecule has 4 heteroatoms. The predicted molar refractivity (Wildman–Crippen MR) is 76.3 cm³/mol. The van der Waals surface area contributed by atoms with Crippen molar-refractivity contribution in [3.63, 3.8) is 0 Å². The van der Waals surface area contributed by atoms with Crippen LogP contribution in [-0.4, -0.2) is 26.2 Å². The van der Waals surface area contributed by atoms with E-state index >= 15 is 0 Å². The molecule has 1 aromatic carbocycles. The van der Waals surface area contributed by atoms with Gasteiger partial charge in [0, 0.05) is 31.6 Å². The lowest BCUT2D eigenvalue weighted by atomic mass is 10.2. The standard InChI is InChI=1S/C14H21N3O/c1-4-5-6-11-15-16-14(18)12-7-9-13(10-8-12)17(2)3/h7-11H,4-6H2,1-3H3,(H,16,18)/b15-11-. The third kappa shape index (κ3) is 4.57. The molecule has 0 saturated heterocycles. The van der Waals surface area contributed by atoms with Gasteiger partial charge in [-0.15, -0.1) is 0 Å². The van der Waals surface area contributed by atoms with Gasteiger partial charge < -0.3 is 4.90 Å². The van der Waals surface area contributed by atoms with Gasteiger partial charge in [0.25, 0.3) is 5.91 Å². The number of unbranched alkanes of at least 4 members (excludes halogenated alkanes) is 2. The summed E-state index contributed by atoms with van der Waals surface area (Å²) in [7, 11) is 3.93. The Kier molecular flexibility index (Phi) is 5.91. The lowest BCUT2D eigenvalue weighted by Crippen LogP contribution is -2.17. The Balaban J connectivity index is 2.49. The van der Waals surface area contributed by atoms with Crippen LogP contribution in [0.4, 0.5) is 5.69 Å². The topological polar surface area (TPSA) is 44.7 Å². The van der Waals surface area contributed by atoms with Gasteiger partial charge in [-0.3, -0.25) is 4.79 Å². The van der Waals surface area contributed by atoms with Gasteiger partial charge in [0.2, 0.25) is 0 Å². The normalized spacial score (nSPS) is 10.6. The first-order chi connectivity index (χ1) is 8.65. The molecule has 0 aromatic heterocycles. The summed E-state index contributed by atoms with van der Waals surface area (Å²) < 4.78 is 0. The Morgan fingerprint density at radius 1 is 1.33 bits per heavy atom. The molecule has 1 amide bonds. The highest BCUT2D eigenvalue weighted by molar-refractivity contribution is 5.94. The van der Waals surface area contributed by atoms with E-state index in [0.29, 0.717) is 5.56 Å². The Bertz CT molecular complexity index is 396. The minimum atomic E-state index is -0.173. The third-order valence-electron chi connectivity index (χ3n) is 2.59. The molecule has 0 saturated carbocycles. The van der Waals surface area contributed by atoms with Crippen LogP contribution in [0.5, 0.6) is 0 Å². The molecule has 0 atom stereocenters. The van der Waals surface area contributed by atoms with E-state index in [0.717, 1.165) is 24.9 Å². The van der Waals surface area contributed by atoms with Crippen molar-refractivity contribution in [1.29, 1.82) is 0 Å². The second-order valence-electron chi connectivity index (χ2n) is 4.34. The van der Waals surface area contributed by atoms with Crippen molar-refractivity contribution in [3.05, 3.63) is 29.8 Å². The van der Waals surface area contributed by atoms with Crippen LogP contribution in [0.15, 0.2) is 29.4 Å². The zero-order valence-electron chi connectivity index (χ0n) is 11.3. The van der Waals surface area contributed by atoms with Crippen LogP contribution in [0.2, 0.25) is 0 Å². The molecule has 0 aliphatic carbocycles. The fourth-order valence-corrected chi connectivity index (χ4v) is 1.44. The number of carbonyl (C=O) groups excluding carboxylic acids is 1. The van der Waals surface area contributed by atoms with E-state index in [-0.39, 0.29) is 5.91 Å². The zero-order valence-corrected chi connectivity index (χ0v) is 11.3.